The summed E-state index contributed by atoms with van der Waals surface area (Å²) >= 11 is 0. The van der Waals surface area contributed by atoms with Gasteiger partial charge in [-0.3, -0.25) is 4.79 Å². The van der Waals surface area contributed by atoms with Crippen LogP contribution in [0.5, 0.6) is 5.75 Å². The second kappa shape index (κ2) is 8.28. The van der Waals surface area contributed by atoms with E-state index in [1.54, 1.807) is 12.1 Å². The summed E-state index contributed by atoms with van der Waals surface area (Å²) in [6.07, 6.45) is -1.20. The molecule has 0 saturated carbocycles. The van der Waals surface area contributed by atoms with Crippen molar-refractivity contribution in [1.29, 1.82) is 0 Å². The molecular weight excluding hydrogens is 377 g/mol. The van der Waals surface area contributed by atoms with Gasteiger partial charge in [0.2, 0.25) is 15.8 Å². The topological polar surface area (TPSA) is 98.8 Å². The molecule has 9 heteroatoms. The number of Topliss-reactive ketones (excluding diaryl/α,β-unsaturated/α-hetero) is 1. The van der Waals surface area contributed by atoms with Crippen LogP contribution >= 0.6 is 0 Å². The van der Waals surface area contributed by atoms with Gasteiger partial charge in [0.15, 0.2) is 6.10 Å². The minimum absolute atomic E-state index is 0.281. The third-order valence-corrected chi connectivity index (χ3v) is 5.18. The Morgan fingerprint density at radius 2 is 1.74 bits per heavy atom. The molecule has 1 atom stereocenters. The van der Waals surface area contributed by atoms with Gasteiger partial charge in [-0.25, -0.2) is 22.3 Å². The zero-order chi connectivity index (χ0) is 20.2. The van der Waals surface area contributed by atoms with E-state index in [2.05, 4.69) is 4.72 Å². The average molecular weight is 395 g/mol. The molecule has 1 unspecified atom stereocenters. The Morgan fingerprint density at radius 3 is 2.30 bits per heavy atom. The van der Waals surface area contributed by atoms with Crippen molar-refractivity contribution in [1.82, 2.24) is 4.72 Å². The highest BCUT2D eigenvalue weighted by atomic mass is 32.2. The van der Waals surface area contributed by atoms with Crippen LogP contribution in [0.3, 0.4) is 0 Å². The number of carbonyl (C=O) groups is 2. The lowest BCUT2D eigenvalue weighted by atomic mass is 10.1. The summed E-state index contributed by atoms with van der Waals surface area (Å²) in [5, 5.41) is 0. The highest BCUT2D eigenvalue weighted by Gasteiger charge is 2.24. The fourth-order valence-corrected chi connectivity index (χ4v) is 2.97. The van der Waals surface area contributed by atoms with Gasteiger partial charge in [-0.05, 0) is 56.4 Å². The van der Waals surface area contributed by atoms with Gasteiger partial charge in [-0.1, -0.05) is 0 Å². The average Bonchev–Trinajstić information content (AvgIpc) is 2.67. The molecule has 0 spiro atoms. The third kappa shape index (κ3) is 4.69. The second-order valence-electron chi connectivity index (χ2n) is 5.49. The molecule has 144 valence electrons. The SMILES string of the molecule is CNS(=O)(=O)c1ccc(F)c(C(=O)OC(C)C(=O)c2ccc(OC)cc2)c1. The van der Waals surface area contributed by atoms with Crippen LogP contribution in [0.2, 0.25) is 0 Å². The van der Waals surface area contributed by atoms with E-state index in [-0.39, 0.29) is 10.5 Å². The molecule has 2 rings (SSSR count). The number of hydrogen-bond donors (Lipinski definition) is 1. The first-order chi connectivity index (χ1) is 12.7. The first-order valence-corrected chi connectivity index (χ1v) is 9.30. The van der Waals surface area contributed by atoms with Crippen LogP contribution in [0.15, 0.2) is 47.4 Å². The molecule has 0 radical (unpaired) electrons. The van der Waals surface area contributed by atoms with E-state index in [0.717, 1.165) is 18.2 Å². The molecule has 0 heterocycles. The second-order valence-corrected chi connectivity index (χ2v) is 7.38. The van der Waals surface area contributed by atoms with Gasteiger partial charge in [0.1, 0.15) is 11.6 Å². The summed E-state index contributed by atoms with van der Waals surface area (Å²) < 4.78 is 49.6. The van der Waals surface area contributed by atoms with Gasteiger partial charge in [0.05, 0.1) is 17.6 Å². The summed E-state index contributed by atoms with van der Waals surface area (Å²) in [5.74, 6) is -2.04. The summed E-state index contributed by atoms with van der Waals surface area (Å²) in [7, 11) is -1.20. The summed E-state index contributed by atoms with van der Waals surface area (Å²) in [4.78, 5) is 24.3. The predicted octanol–water partition coefficient (Wildman–Crippen LogP) is 2.17. The molecular formula is C18H18FNO6S. The number of ketones is 1. The number of methoxy groups -OCH3 is 1. The largest absolute Gasteiger partial charge is 0.497 e. The van der Waals surface area contributed by atoms with Crippen molar-refractivity contribution in [2.24, 2.45) is 0 Å². The molecule has 7 nitrogen and oxygen atoms in total. The molecule has 0 fully saturated rings. The third-order valence-electron chi connectivity index (χ3n) is 3.76. The molecule has 2 aromatic carbocycles. The van der Waals surface area contributed by atoms with Gasteiger partial charge in [-0.2, -0.15) is 0 Å². The minimum Gasteiger partial charge on any atom is -0.497 e. The number of hydrogen-bond acceptors (Lipinski definition) is 6. The van der Waals surface area contributed by atoms with E-state index in [9.17, 15) is 22.4 Å². The highest BCUT2D eigenvalue weighted by Crippen LogP contribution is 2.18. The maximum Gasteiger partial charge on any atom is 0.341 e. The normalized spacial score (nSPS) is 12.3. The quantitative estimate of drug-likeness (QED) is 0.570. The number of rotatable bonds is 7. The fourth-order valence-electron chi connectivity index (χ4n) is 2.21. The molecule has 2 aromatic rings. The summed E-state index contributed by atoms with van der Waals surface area (Å²) in [6.45, 7) is 1.34. The lowest BCUT2D eigenvalue weighted by Crippen LogP contribution is -2.25. The Balaban J connectivity index is 2.20. The molecule has 0 aliphatic carbocycles. The van der Waals surface area contributed by atoms with Crippen LogP contribution in [0, 0.1) is 5.82 Å². The zero-order valence-electron chi connectivity index (χ0n) is 14.9. The Morgan fingerprint density at radius 1 is 1.11 bits per heavy atom. The van der Waals surface area contributed by atoms with Crippen molar-refractivity contribution in [2.45, 2.75) is 17.9 Å². The Labute approximate surface area is 156 Å². The number of nitrogens with one attached hydrogen (secondary N) is 1. The van der Waals surface area contributed by atoms with Crippen molar-refractivity contribution >= 4 is 21.8 Å². The number of benzene rings is 2. The Kier molecular flexibility index (Phi) is 6.29. The molecule has 0 aliphatic rings. The van der Waals surface area contributed by atoms with Crippen LogP contribution < -0.4 is 9.46 Å². The van der Waals surface area contributed by atoms with Crippen molar-refractivity contribution < 1.29 is 31.9 Å². The van der Waals surface area contributed by atoms with Crippen LogP contribution in [0.4, 0.5) is 4.39 Å². The smallest absolute Gasteiger partial charge is 0.341 e. The van der Waals surface area contributed by atoms with Gasteiger partial charge >= 0.3 is 5.97 Å². The maximum absolute atomic E-state index is 14.0. The summed E-state index contributed by atoms with van der Waals surface area (Å²) in [5.41, 5.74) is -0.302. The van der Waals surface area contributed by atoms with Crippen molar-refractivity contribution in [3.05, 3.63) is 59.4 Å². The van der Waals surface area contributed by atoms with Crippen molar-refractivity contribution in [2.75, 3.05) is 14.2 Å². The lowest BCUT2D eigenvalue weighted by Gasteiger charge is -2.13. The van der Waals surface area contributed by atoms with Crippen LogP contribution in [-0.2, 0) is 14.8 Å². The van der Waals surface area contributed by atoms with E-state index < -0.39 is 39.3 Å². The molecule has 0 saturated heterocycles. The number of sulfonamides is 1. The number of carbonyl (C=O) groups excluding carboxylic acids is 2. The molecule has 0 bridgehead atoms. The Bertz CT molecular complexity index is 956. The molecule has 0 aliphatic heterocycles. The van der Waals surface area contributed by atoms with Gasteiger partial charge in [0.25, 0.3) is 0 Å². The van der Waals surface area contributed by atoms with Gasteiger partial charge < -0.3 is 9.47 Å². The standard InChI is InChI=1S/C18H18FNO6S/c1-11(17(21)12-4-6-13(25-3)7-5-12)26-18(22)15-10-14(8-9-16(15)19)27(23,24)20-2/h4-11,20H,1-3H3. The van der Waals surface area contributed by atoms with E-state index in [0.29, 0.717) is 5.75 Å². The first kappa shape index (κ1) is 20.5. The number of halogens is 1. The van der Waals surface area contributed by atoms with Crippen LogP contribution in [0.1, 0.15) is 27.6 Å². The fraction of sp³-hybridized carbons (Fsp3) is 0.222. The summed E-state index contributed by atoms with van der Waals surface area (Å²) in [6, 6.07) is 8.88. The molecule has 1 N–H and O–H groups in total. The maximum atomic E-state index is 14.0. The molecule has 0 aromatic heterocycles. The first-order valence-electron chi connectivity index (χ1n) is 7.82. The van der Waals surface area contributed by atoms with Gasteiger partial charge in [-0.15, -0.1) is 0 Å². The van der Waals surface area contributed by atoms with Crippen LogP contribution in [0.25, 0.3) is 0 Å². The van der Waals surface area contributed by atoms with Gasteiger partial charge in [0, 0.05) is 5.56 Å². The van der Waals surface area contributed by atoms with E-state index in [1.807, 2.05) is 0 Å². The monoisotopic (exact) mass is 395 g/mol. The molecule has 0 amide bonds. The van der Waals surface area contributed by atoms with E-state index >= 15 is 0 Å². The van der Waals surface area contributed by atoms with Crippen molar-refractivity contribution in [3.63, 3.8) is 0 Å². The lowest BCUT2D eigenvalue weighted by molar-refractivity contribution is 0.0314. The zero-order valence-corrected chi connectivity index (χ0v) is 15.7. The van der Waals surface area contributed by atoms with Crippen molar-refractivity contribution in [3.8, 4) is 5.75 Å². The number of ether oxygens (including phenoxy) is 2. The van der Waals surface area contributed by atoms with E-state index in [1.165, 1.54) is 33.2 Å². The predicted molar refractivity (Wildman–Crippen MR) is 94.8 cm³/mol. The molecule has 27 heavy (non-hydrogen) atoms. The highest BCUT2D eigenvalue weighted by molar-refractivity contribution is 7.89. The minimum atomic E-state index is -3.87. The van der Waals surface area contributed by atoms with E-state index in [4.69, 9.17) is 9.47 Å². The Hall–Kier alpha value is -2.78. The van der Waals surface area contributed by atoms with Crippen LogP contribution in [-0.4, -0.2) is 40.4 Å². The number of esters is 1.